The summed E-state index contributed by atoms with van der Waals surface area (Å²) in [6, 6.07) is 0. The highest BCUT2D eigenvalue weighted by Crippen LogP contribution is 2.31. The molecule has 9 heteroatoms. The molecule has 3 aromatic heterocycles. The van der Waals surface area contributed by atoms with Gasteiger partial charge in [-0.2, -0.15) is 4.68 Å². The number of fused-ring (bicyclic) bond motifs is 1. The molecule has 0 spiro atoms. The van der Waals surface area contributed by atoms with Gasteiger partial charge in [0.15, 0.2) is 5.82 Å². The Bertz CT molecular complexity index is 940. The molecule has 0 fully saturated rings. The van der Waals surface area contributed by atoms with Crippen LogP contribution in [0.25, 0.3) is 16.7 Å². The van der Waals surface area contributed by atoms with Crippen molar-refractivity contribution in [3.05, 3.63) is 29.6 Å². The lowest BCUT2D eigenvalue weighted by Crippen LogP contribution is -2.12. The van der Waals surface area contributed by atoms with Gasteiger partial charge in [-0.1, -0.05) is 0 Å². The van der Waals surface area contributed by atoms with E-state index >= 15 is 0 Å². The maximum Gasteiger partial charge on any atom is 0.377 e. The number of rotatable bonds is 4. The molecule has 0 aromatic carbocycles. The number of hydrogen-bond acceptors (Lipinski definition) is 6. The zero-order chi connectivity index (χ0) is 16.7. The minimum Gasteiger partial charge on any atom is -0.494 e. The number of H-pyrrole nitrogens is 1. The summed E-state index contributed by atoms with van der Waals surface area (Å²) in [4.78, 5) is 34.3. The molecule has 0 radical (unpaired) electrons. The Kier molecular flexibility index (Phi) is 3.32. The number of ketones is 1. The van der Waals surface area contributed by atoms with Gasteiger partial charge in [-0.15, -0.1) is 5.10 Å². The first-order valence-corrected chi connectivity index (χ1v) is 6.66. The molecule has 0 saturated carbocycles. The molecule has 3 aromatic rings. The van der Waals surface area contributed by atoms with Crippen molar-refractivity contribution in [3.8, 4) is 11.6 Å². The summed E-state index contributed by atoms with van der Waals surface area (Å²) in [6.45, 7) is 3.52. The Morgan fingerprint density at radius 3 is 2.65 bits per heavy atom. The van der Waals surface area contributed by atoms with Crippen LogP contribution in [-0.2, 0) is 4.79 Å². The molecule has 3 heterocycles. The average Bonchev–Trinajstić information content (AvgIpc) is 3.09. The molecule has 0 aliphatic heterocycles. The molecule has 2 N–H and O–H groups in total. The van der Waals surface area contributed by atoms with E-state index in [4.69, 9.17) is 9.84 Å². The van der Waals surface area contributed by atoms with Crippen molar-refractivity contribution in [3.63, 3.8) is 0 Å². The van der Waals surface area contributed by atoms with Gasteiger partial charge in [0.05, 0.1) is 29.8 Å². The largest absolute Gasteiger partial charge is 0.494 e. The Hall–Kier alpha value is -3.23. The number of aliphatic carboxylic acids is 1. The highest BCUT2D eigenvalue weighted by Gasteiger charge is 2.24. The Morgan fingerprint density at radius 2 is 2.09 bits per heavy atom. The standard InChI is InChI=1S/C14H13N5O4/c1-6-17-7(2)19(18-6)13-11-10(9(23-3)5-16-13)8(4-15-11)12(20)14(21)22/h4-5,15H,1-3H3,(H,21,22). The fraction of sp³-hybridized carbons (Fsp3) is 0.214. The number of methoxy groups -OCH3 is 1. The number of aromatic amines is 1. The predicted octanol–water partition coefficient (Wildman–Crippen LogP) is 1.04. The first kappa shape index (κ1) is 14.7. The van der Waals surface area contributed by atoms with Crippen LogP contribution in [0.1, 0.15) is 22.0 Å². The number of pyridine rings is 1. The second-order valence-electron chi connectivity index (χ2n) is 4.85. The first-order valence-electron chi connectivity index (χ1n) is 6.66. The number of carbonyl (C=O) groups excluding carboxylic acids is 1. The summed E-state index contributed by atoms with van der Waals surface area (Å²) in [7, 11) is 1.42. The molecule has 23 heavy (non-hydrogen) atoms. The summed E-state index contributed by atoms with van der Waals surface area (Å²) >= 11 is 0. The number of nitrogens with zero attached hydrogens (tertiary/aromatic N) is 4. The van der Waals surface area contributed by atoms with E-state index in [-0.39, 0.29) is 5.56 Å². The van der Waals surface area contributed by atoms with E-state index in [1.807, 2.05) is 0 Å². The van der Waals surface area contributed by atoms with Gasteiger partial charge in [-0.25, -0.2) is 14.8 Å². The van der Waals surface area contributed by atoms with Crippen molar-refractivity contribution < 1.29 is 19.4 Å². The summed E-state index contributed by atoms with van der Waals surface area (Å²) in [6.07, 6.45) is 2.74. The lowest BCUT2D eigenvalue weighted by molar-refractivity contribution is -0.131. The highest BCUT2D eigenvalue weighted by molar-refractivity contribution is 6.42. The van der Waals surface area contributed by atoms with Gasteiger partial charge >= 0.3 is 5.97 Å². The molecule has 0 saturated heterocycles. The lowest BCUT2D eigenvalue weighted by Gasteiger charge is -2.08. The third-order valence-corrected chi connectivity index (χ3v) is 3.39. The molecule has 0 unspecified atom stereocenters. The van der Waals surface area contributed by atoms with Gasteiger partial charge in [0.25, 0.3) is 5.78 Å². The van der Waals surface area contributed by atoms with Crippen LogP contribution in [0.2, 0.25) is 0 Å². The number of nitrogens with one attached hydrogen (secondary N) is 1. The third-order valence-electron chi connectivity index (χ3n) is 3.39. The highest BCUT2D eigenvalue weighted by atomic mass is 16.5. The number of ether oxygens (including phenoxy) is 1. The number of Topliss-reactive ketones (excluding diaryl/α,β-unsaturated/α-hetero) is 1. The van der Waals surface area contributed by atoms with Crippen LogP contribution < -0.4 is 4.74 Å². The Labute approximate surface area is 129 Å². The fourth-order valence-corrected chi connectivity index (χ4v) is 2.44. The monoisotopic (exact) mass is 315 g/mol. The summed E-state index contributed by atoms with van der Waals surface area (Å²) < 4.78 is 6.73. The molecule has 0 aliphatic rings. The topological polar surface area (TPSA) is 123 Å². The number of carbonyl (C=O) groups is 2. The van der Waals surface area contributed by atoms with Gasteiger partial charge in [-0.3, -0.25) is 4.79 Å². The smallest absolute Gasteiger partial charge is 0.377 e. The van der Waals surface area contributed by atoms with Crippen LogP contribution in [0, 0.1) is 13.8 Å². The maximum absolute atomic E-state index is 11.9. The normalized spacial score (nSPS) is 10.9. The van der Waals surface area contributed by atoms with Crippen LogP contribution >= 0.6 is 0 Å². The molecular formula is C14H13N5O4. The molecule has 0 aliphatic carbocycles. The van der Waals surface area contributed by atoms with E-state index in [0.717, 1.165) is 0 Å². The zero-order valence-electron chi connectivity index (χ0n) is 12.6. The summed E-state index contributed by atoms with van der Waals surface area (Å²) in [5, 5.41) is 13.6. The number of carboxylic acid groups (broad SMARTS) is 1. The average molecular weight is 315 g/mol. The third kappa shape index (κ3) is 2.22. The number of aryl methyl sites for hydroxylation is 2. The molecule has 0 bridgehead atoms. The van der Waals surface area contributed by atoms with E-state index in [9.17, 15) is 9.59 Å². The minimum absolute atomic E-state index is 0.00231. The minimum atomic E-state index is -1.54. The fourth-order valence-electron chi connectivity index (χ4n) is 2.44. The quantitative estimate of drug-likeness (QED) is 0.544. The molecule has 0 atom stereocenters. The maximum atomic E-state index is 11.9. The van der Waals surface area contributed by atoms with E-state index in [0.29, 0.717) is 34.1 Å². The summed E-state index contributed by atoms with van der Waals surface area (Å²) in [5.41, 5.74) is 0.449. The van der Waals surface area contributed by atoms with Crippen molar-refractivity contribution in [2.24, 2.45) is 0 Å². The van der Waals surface area contributed by atoms with Crippen LogP contribution in [0.3, 0.4) is 0 Å². The molecule has 3 rings (SSSR count). The number of hydrogen-bond donors (Lipinski definition) is 2. The molecule has 118 valence electrons. The molecule has 9 nitrogen and oxygen atoms in total. The summed E-state index contributed by atoms with van der Waals surface area (Å²) in [5.74, 6) is -0.687. The van der Waals surface area contributed by atoms with Gasteiger partial charge in [0.1, 0.15) is 17.4 Å². The van der Waals surface area contributed by atoms with Crippen molar-refractivity contribution >= 4 is 22.7 Å². The van der Waals surface area contributed by atoms with Crippen LogP contribution in [0.5, 0.6) is 5.75 Å². The van der Waals surface area contributed by atoms with E-state index in [1.165, 1.54) is 24.2 Å². The predicted molar refractivity (Wildman–Crippen MR) is 79.0 cm³/mol. The van der Waals surface area contributed by atoms with Crippen molar-refractivity contribution in [1.29, 1.82) is 0 Å². The van der Waals surface area contributed by atoms with Gasteiger partial charge in [0, 0.05) is 6.20 Å². The van der Waals surface area contributed by atoms with E-state index < -0.39 is 11.8 Å². The second kappa shape index (κ2) is 5.20. The molecular weight excluding hydrogens is 302 g/mol. The SMILES string of the molecule is COc1cnc(-n2nc(C)nc2C)c2[nH]cc(C(=O)C(=O)O)c12. The van der Waals surface area contributed by atoms with Crippen LogP contribution in [0.4, 0.5) is 0 Å². The van der Waals surface area contributed by atoms with Gasteiger partial charge in [0.2, 0.25) is 0 Å². The van der Waals surface area contributed by atoms with E-state index in [1.54, 1.807) is 13.8 Å². The Balaban J connectivity index is 2.33. The van der Waals surface area contributed by atoms with Crippen molar-refractivity contribution in [1.82, 2.24) is 24.7 Å². The number of carboxylic acids is 1. The van der Waals surface area contributed by atoms with Gasteiger partial charge < -0.3 is 14.8 Å². The lowest BCUT2D eigenvalue weighted by atomic mass is 10.1. The molecule has 0 amide bonds. The van der Waals surface area contributed by atoms with E-state index in [2.05, 4.69) is 20.1 Å². The van der Waals surface area contributed by atoms with Crippen LogP contribution in [0.15, 0.2) is 12.4 Å². The van der Waals surface area contributed by atoms with Crippen molar-refractivity contribution in [2.75, 3.05) is 7.11 Å². The number of aromatic nitrogens is 5. The van der Waals surface area contributed by atoms with Crippen molar-refractivity contribution in [2.45, 2.75) is 13.8 Å². The zero-order valence-corrected chi connectivity index (χ0v) is 12.6. The first-order chi connectivity index (χ1) is 10.9. The van der Waals surface area contributed by atoms with Gasteiger partial charge in [-0.05, 0) is 13.8 Å². The second-order valence-corrected chi connectivity index (χ2v) is 4.85. The van der Waals surface area contributed by atoms with Crippen LogP contribution in [-0.4, -0.2) is 48.7 Å². The Morgan fingerprint density at radius 1 is 1.35 bits per heavy atom.